The number of aromatic nitrogens is 2. The van der Waals surface area contributed by atoms with E-state index in [0.29, 0.717) is 13.0 Å². The van der Waals surface area contributed by atoms with Crippen LogP contribution >= 0.6 is 0 Å². The van der Waals surface area contributed by atoms with Crippen LogP contribution in [0.2, 0.25) is 0 Å². The van der Waals surface area contributed by atoms with E-state index in [-0.39, 0.29) is 18.0 Å². The van der Waals surface area contributed by atoms with E-state index in [1.54, 1.807) is 24.5 Å². The van der Waals surface area contributed by atoms with Crippen molar-refractivity contribution in [3.8, 4) is 0 Å². The summed E-state index contributed by atoms with van der Waals surface area (Å²) in [6.45, 7) is 0.499. The number of benzene rings is 1. The Kier molecular flexibility index (Phi) is 4.92. The molecule has 7 nitrogen and oxygen atoms in total. The van der Waals surface area contributed by atoms with Gasteiger partial charge in [-0.15, -0.1) is 0 Å². The minimum Gasteiger partial charge on any atom is -0.355 e. The first-order chi connectivity index (χ1) is 10.1. The summed E-state index contributed by atoms with van der Waals surface area (Å²) in [4.78, 5) is 29.6. The number of amides is 1. The lowest BCUT2D eigenvalue weighted by Crippen LogP contribution is -2.27. The maximum absolute atomic E-state index is 11.7. The predicted octanol–water partition coefficient (Wildman–Crippen LogP) is 1.29. The van der Waals surface area contributed by atoms with Crippen molar-refractivity contribution in [1.82, 2.24) is 15.3 Å². The second-order valence-corrected chi connectivity index (χ2v) is 4.45. The summed E-state index contributed by atoms with van der Waals surface area (Å²) < 4.78 is 0. The average molecular weight is 286 g/mol. The number of nitro benzene ring substituents is 1. The van der Waals surface area contributed by atoms with Gasteiger partial charge in [0, 0.05) is 31.1 Å². The van der Waals surface area contributed by atoms with Gasteiger partial charge in [-0.1, -0.05) is 12.1 Å². The van der Waals surface area contributed by atoms with Gasteiger partial charge in [-0.2, -0.15) is 0 Å². The molecule has 1 aromatic carbocycles. The summed E-state index contributed by atoms with van der Waals surface area (Å²) in [5.41, 5.74) is 1.71. The first-order valence-corrected chi connectivity index (χ1v) is 6.39. The number of hydrogen-bond donors (Lipinski definition) is 1. The maximum Gasteiger partial charge on any atom is 0.269 e. The minimum atomic E-state index is -0.466. The SMILES string of the molecule is O=C(Cc1ccc([N+](=O)[O-])cc1)NCCc1cncnc1. The molecular weight excluding hydrogens is 272 g/mol. The maximum atomic E-state index is 11.7. The van der Waals surface area contributed by atoms with Crippen molar-refractivity contribution in [3.05, 3.63) is 64.2 Å². The third-order valence-electron chi connectivity index (χ3n) is 2.86. The molecular formula is C14H14N4O3. The number of nitrogens with zero attached hydrogens (tertiary/aromatic N) is 3. The molecule has 0 radical (unpaired) electrons. The number of carbonyl (C=O) groups is 1. The number of rotatable bonds is 6. The number of non-ortho nitro benzene ring substituents is 1. The topological polar surface area (TPSA) is 98.0 Å². The molecule has 7 heteroatoms. The number of nitro groups is 1. The van der Waals surface area contributed by atoms with E-state index < -0.39 is 4.92 Å². The molecule has 0 aliphatic carbocycles. The molecule has 1 amide bonds. The Morgan fingerprint density at radius 2 is 1.81 bits per heavy atom. The third-order valence-corrected chi connectivity index (χ3v) is 2.86. The molecule has 0 aliphatic rings. The normalized spacial score (nSPS) is 10.1. The van der Waals surface area contributed by atoms with E-state index in [2.05, 4.69) is 15.3 Å². The molecule has 21 heavy (non-hydrogen) atoms. The summed E-state index contributed by atoms with van der Waals surface area (Å²) >= 11 is 0. The fraction of sp³-hybridized carbons (Fsp3) is 0.214. The van der Waals surface area contributed by atoms with E-state index in [1.807, 2.05) is 0 Å². The van der Waals surface area contributed by atoms with E-state index in [9.17, 15) is 14.9 Å². The molecule has 0 saturated heterocycles. The van der Waals surface area contributed by atoms with Crippen LogP contribution in [0.4, 0.5) is 5.69 Å². The van der Waals surface area contributed by atoms with Crippen LogP contribution in [0.5, 0.6) is 0 Å². The van der Waals surface area contributed by atoms with Crippen molar-refractivity contribution in [3.63, 3.8) is 0 Å². The fourth-order valence-corrected chi connectivity index (χ4v) is 1.79. The summed E-state index contributed by atoms with van der Waals surface area (Å²) in [6.07, 6.45) is 5.72. The quantitative estimate of drug-likeness (QED) is 0.637. The fourth-order valence-electron chi connectivity index (χ4n) is 1.79. The molecule has 1 aromatic heterocycles. The van der Waals surface area contributed by atoms with Crippen LogP contribution in [-0.2, 0) is 17.6 Å². The van der Waals surface area contributed by atoms with E-state index in [1.165, 1.54) is 18.5 Å². The first kappa shape index (κ1) is 14.6. The van der Waals surface area contributed by atoms with E-state index >= 15 is 0 Å². The van der Waals surface area contributed by atoms with Crippen molar-refractivity contribution in [2.75, 3.05) is 6.54 Å². The lowest BCUT2D eigenvalue weighted by atomic mass is 10.1. The molecule has 0 saturated carbocycles. The highest BCUT2D eigenvalue weighted by Gasteiger charge is 2.07. The van der Waals surface area contributed by atoms with Gasteiger partial charge in [0.25, 0.3) is 5.69 Å². The van der Waals surface area contributed by atoms with Crippen molar-refractivity contribution >= 4 is 11.6 Å². The van der Waals surface area contributed by atoms with Gasteiger partial charge in [-0.25, -0.2) is 9.97 Å². The van der Waals surface area contributed by atoms with Crippen LogP contribution in [-0.4, -0.2) is 27.3 Å². The van der Waals surface area contributed by atoms with Crippen molar-refractivity contribution in [1.29, 1.82) is 0 Å². The molecule has 0 fully saturated rings. The Labute approximate surface area is 121 Å². The minimum absolute atomic E-state index is 0.0169. The summed E-state index contributed by atoms with van der Waals surface area (Å²) in [7, 11) is 0. The summed E-state index contributed by atoms with van der Waals surface area (Å²) in [5, 5.41) is 13.3. The van der Waals surface area contributed by atoms with Gasteiger partial charge in [-0.05, 0) is 17.5 Å². The highest BCUT2D eigenvalue weighted by atomic mass is 16.6. The average Bonchev–Trinajstić information content (AvgIpc) is 2.49. The Balaban J connectivity index is 1.78. The molecule has 108 valence electrons. The molecule has 0 aliphatic heterocycles. The van der Waals surface area contributed by atoms with Crippen LogP contribution in [0.25, 0.3) is 0 Å². The molecule has 0 unspecified atom stereocenters. The summed E-state index contributed by atoms with van der Waals surface area (Å²) in [5.74, 6) is -0.124. The van der Waals surface area contributed by atoms with Crippen LogP contribution in [0.1, 0.15) is 11.1 Å². The van der Waals surface area contributed by atoms with Crippen LogP contribution in [0.3, 0.4) is 0 Å². The second-order valence-electron chi connectivity index (χ2n) is 4.45. The zero-order valence-corrected chi connectivity index (χ0v) is 11.2. The standard InChI is InChI=1S/C14H14N4O3/c19-14(17-6-5-12-8-15-10-16-9-12)7-11-1-3-13(4-2-11)18(20)21/h1-4,8-10H,5-7H2,(H,17,19). The summed E-state index contributed by atoms with van der Waals surface area (Å²) in [6, 6.07) is 5.96. The van der Waals surface area contributed by atoms with Gasteiger partial charge < -0.3 is 5.32 Å². The Bertz CT molecular complexity index is 614. The Morgan fingerprint density at radius 3 is 2.43 bits per heavy atom. The van der Waals surface area contributed by atoms with Gasteiger partial charge in [0.2, 0.25) is 5.91 Å². The highest BCUT2D eigenvalue weighted by Crippen LogP contribution is 2.12. The van der Waals surface area contributed by atoms with Crippen molar-refractivity contribution < 1.29 is 9.72 Å². The molecule has 1 heterocycles. The lowest BCUT2D eigenvalue weighted by molar-refractivity contribution is -0.384. The molecule has 0 bridgehead atoms. The van der Waals surface area contributed by atoms with E-state index in [0.717, 1.165) is 11.1 Å². The molecule has 2 rings (SSSR count). The smallest absolute Gasteiger partial charge is 0.269 e. The first-order valence-electron chi connectivity index (χ1n) is 6.39. The molecule has 0 atom stereocenters. The van der Waals surface area contributed by atoms with Gasteiger partial charge in [0.1, 0.15) is 6.33 Å². The monoisotopic (exact) mass is 286 g/mol. The second kappa shape index (κ2) is 7.09. The van der Waals surface area contributed by atoms with Gasteiger partial charge in [0.15, 0.2) is 0 Å². The van der Waals surface area contributed by atoms with Crippen LogP contribution < -0.4 is 5.32 Å². The Morgan fingerprint density at radius 1 is 1.14 bits per heavy atom. The zero-order valence-electron chi connectivity index (χ0n) is 11.2. The van der Waals surface area contributed by atoms with Gasteiger partial charge in [-0.3, -0.25) is 14.9 Å². The molecule has 0 spiro atoms. The zero-order chi connectivity index (χ0) is 15.1. The van der Waals surface area contributed by atoms with Crippen LogP contribution in [0, 0.1) is 10.1 Å². The Hall–Kier alpha value is -2.83. The lowest BCUT2D eigenvalue weighted by Gasteiger charge is -2.05. The molecule has 1 N–H and O–H groups in total. The highest BCUT2D eigenvalue weighted by molar-refractivity contribution is 5.78. The predicted molar refractivity (Wildman–Crippen MR) is 75.5 cm³/mol. The number of nitrogens with one attached hydrogen (secondary N) is 1. The number of carbonyl (C=O) groups excluding carboxylic acids is 1. The van der Waals surface area contributed by atoms with Crippen molar-refractivity contribution in [2.24, 2.45) is 0 Å². The largest absolute Gasteiger partial charge is 0.355 e. The van der Waals surface area contributed by atoms with Gasteiger partial charge in [0.05, 0.1) is 11.3 Å². The number of hydrogen-bond acceptors (Lipinski definition) is 5. The third kappa shape index (κ3) is 4.64. The van der Waals surface area contributed by atoms with E-state index in [4.69, 9.17) is 0 Å². The molecule has 2 aromatic rings. The van der Waals surface area contributed by atoms with Gasteiger partial charge >= 0.3 is 0 Å². The van der Waals surface area contributed by atoms with Crippen LogP contribution in [0.15, 0.2) is 43.0 Å². The van der Waals surface area contributed by atoms with Crippen molar-refractivity contribution in [2.45, 2.75) is 12.8 Å².